The van der Waals surface area contributed by atoms with Crippen LogP contribution in [0.4, 0.5) is 21.2 Å². The number of rotatable bonds is 8. The highest BCUT2D eigenvalue weighted by molar-refractivity contribution is 9.10. The van der Waals surface area contributed by atoms with Crippen molar-refractivity contribution in [1.29, 1.82) is 5.26 Å². The van der Waals surface area contributed by atoms with Crippen molar-refractivity contribution < 1.29 is 33.6 Å². The largest absolute Gasteiger partial charge is 0.496 e. The number of nitrogens with one attached hydrogen (secondary N) is 1. The van der Waals surface area contributed by atoms with Crippen molar-refractivity contribution in [2.45, 2.75) is 150 Å². The van der Waals surface area contributed by atoms with Crippen LogP contribution in [0.3, 0.4) is 0 Å². The van der Waals surface area contributed by atoms with Gasteiger partial charge in [0.2, 0.25) is 5.91 Å². The van der Waals surface area contributed by atoms with Crippen LogP contribution >= 0.6 is 31.9 Å². The first kappa shape index (κ1) is 62.4. The molecule has 406 valence electrons. The van der Waals surface area contributed by atoms with Gasteiger partial charge in [0, 0.05) is 114 Å². The molecule has 21 heteroatoms. The minimum atomic E-state index is -0.809. The second-order valence-corrected chi connectivity index (χ2v) is 23.2. The van der Waals surface area contributed by atoms with Gasteiger partial charge in [0.15, 0.2) is 0 Å². The van der Waals surface area contributed by atoms with E-state index >= 15 is 0 Å². The maximum Gasteiger partial charge on any atom is 0.496 e. The molecule has 5 amide bonds. The number of aliphatic hydroxyl groups is 1. The van der Waals surface area contributed by atoms with Crippen LogP contribution in [0, 0.1) is 11.3 Å². The number of fused-ring (bicyclic) bond motifs is 2. The van der Waals surface area contributed by atoms with Crippen LogP contribution in [0.2, 0.25) is 0 Å². The molecule has 0 radical (unpaired) electrons. The zero-order valence-electron chi connectivity index (χ0n) is 45.9. The fraction of sp³-hybridized carbons (Fsp3) is 0.455. The lowest BCUT2D eigenvalue weighted by Crippen LogP contribution is -2.41. The van der Waals surface area contributed by atoms with E-state index < -0.39 is 24.8 Å². The van der Waals surface area contributed by atoms with Gasteiger partial charge in [0.05, 0.1) is 28.4 Å². The van der Waals surface area contributed by atoms with E-state index in [-0.39, 0.29) is 33.8 Å². The van der Waals surface area contributed by atoms with E-state index in [0.29, 0.717) is 31.1 Å². The highest BCUT2D eigenvalue weighted by Crippen LogP contribution is 2.37. The van der Waals surface area contributed by atoms with E-state index in [1.54, 1.807) is 70.2 Å². The van der Waals surface area contributed by atoms with Gasteiger partial charge in [-0.2, -0.15) is 5.26 Å². The normalized spacial score (nSPS) is 15.2. The Morgan fingerprint density at radius 3 is 1.62 bits per heavy atom. The number of pyridine rings is 5. The number of nitrogens with zero attached hydrogens (tertiary/aromatic N) is 8. The summed E-state index contributed by atoms with van der Waals surface area (Å²) in [7, 11) is -0.438. The quantitative estimate of drug-likeness (QED) is 0.106. The van der Waals surface area contributed by atoms with Crippen molar-refractivity contribution in [1.82, 2.24) is 30.2 Å². The first-order valence-electron chi connectivity index (χ1n) is 24.8. The zero-order valence-corrected chi connectivity index (χ0v) is 49.1. The van der Waals surface area contributed by atoms with E-state index in [4.69, 9.17) is 26.0 Å². The number of nitriles is 1. The van der Waals surface area contributed by atoms with E-state index in [1.165, 1.54) is 23.6 Å². The Kier molecular flexibility index (Phi) is 21.5. The van der Waals surface area contributed by atoms with Gasteiger partial charge in [0.1, 0.15) is 17.4 Å². The first-order valence-corrected chi connectivity index (χ1v) is 26.4. The number of Topliss-reactive ketones (excluding diaryl/α,β-unsaturated/α-hetero) is 1. The zero-order chi connectivity index (χ0) is 57.0. The molecule has 18 nitrogen and oxygen atoms in total. The minimum absolute atomic E-state index is 0.0463. The van der Waals surface area contributed by atoms with Crippen molar-refractivity contribution >= 4 is 79.8 Å². The summed E-state index contributed by atoms with van der Waals surface area (Å²) in [4.78, 5) is 69.9. The van der Waals surface area contributed by atoms with Crippen molar-refractivity contribution in [2.75, 3.05) is 22.9 Å². The number of hydrogen-bond donors (Lipinski definition) is 4. The summed E-state index contributed by atoms with van der Waals surface area (Å²) in [5.41, 5.74) is 16.2. The fourth-order valence-electron chi connectivity index (χ4n) is 8.35. The Hall–Kier alpha value is -6.18. The molecule has 6 N–H and O–H groups in total. The molecule has 8 heterocycles. The topological polar surface area (TPSA) is 266 Å². The number of ketones is 1. The average molecular weight is 1170 g/mol. The number of primary amides is 2. The van der Waals surface area contributed by atoms with Gasteiger partial charge in [-0.1, -0.05) is 19.9 Å². The monoisotopic (exact) mass is 1170 g/mol. The minimum Gasteiger partial charge on any atom is -0.399 e. The van der Waals surface area contributed by atoms with Crippen LogP contribution in [-0.2, 0) is 48.3 Å². The van der Waals surface area contributed by atoms with Gasteiger partial charge < -0.3 is 31.2 Å². The number of carbonyl (C=O) groups excluding carboxylic acids is 4. The summed E-state index contributed by atoms with van der Waals surface area (Å²) in [6, 6.07) is 10.7. The van der Waals surface area contributed by atoms with Gasteiger partial charge in [-0.3, -0.25) is 34.3 Å². The highest BCUT2D eigenvalue weighted by atomic mass is 79.9. The number of carbonyl (C=O) groups is 4. The summed E-state index contributed by atoms with van der Waals surface area (Å²) in [6.07, 6.45) is 17.8. The Bertz CT molecular complexity index is 2890. The maximum atomic E-state index is 11.6. The molecule has 1 fully saturated rings. The highest BCUT2D eigenvalue weighted by Gasteiger charge is 2.52. The molecule has 0 atom stereocenters. The van der Waals surface area contributed by atoms with Gasteiger partial charge >= 0.3 is 19.2 Å². The number of halogens is 2. The summed E-state index contributed by atoms with van der Waals surface area (Å²) in [5, 5.41) is 19.7. The van der Waals surface area contributed by atoms with Crippen molar-refractivity contribution in [2.24, 2.45) is 11.5 Å². The third-order valence-electron chi connectivity index (χ3n) is 13.0. The number of hydrogen-bond acceptors (Lipinski definition) is 13. The van der Waals surface area contributed by atoms with Crippen LogP contribution in [0.25, 0.3) is 11.1 Å². The number of aryl methyl sites for hydroxylation is 2. The molecule has 8 rings (SSSR count). The molecular formula is C55H72BBr2N11O7. The standard InChI is InChI=1S/C20H24N4O2.C15H22BN3O3.C10H13BrN2O.C8H10BrNO.C2H3N/c1-13(25)9-20(2,3)17-8-16(10-22-12-17)15-7-14-5-4-6-24(19(21)26)18(14)23-11-15;1-14(2)15(3,4)22-16(21-14)11-8-10-6-5-7-19(13(17)20)12(10)18-9-11;1-7(14)13-10(2,3)8-4-9(11)6-12-5-8;1-8(2,11)6-3-7(9)5-10-4-6;1-2-3/h7-8,10-12H,4-6,9H2,1-3H3,(H2,21,26);8-9H,5-7H2,1-4H3,(H2,17,20);4-6H,1-3H3,(H,13,14);3-5,11H,1-2H3;1H3. The van der Waals surface area contributed by atoms with Crippen LogP contribution in [0.5, 0.6) is 0 Å². The van der Waals surface area contributed by atoms with Crippen molar-refractivity contribution in [3.63, 3.8) is 0 Å². The van der Waals surface area contributed by atoms with E-state index in [1.807, 2.05) is 79.8 Å². The molecule has 0 bridgehead atoms. The smallest absolute Gasteiger partial charge is 0.399 e. The summed E-state index contributed by atoms with van der Waals surface area (Å²) >= 11 is 6.63. The number of anilines is 2. The lowest BCUT2D eigenvalue weighted by atomic mass is 9.79. The second kappa shape index (κ2) is 26.2. The summed E-state index contributed by atoms with van der Waals surface area (Å²) in [6.45, 7) is 25.3. The summed E-state index contributed by atoms with van der Waals surface area (Å²) < 4.78 is 13.9. The van der Waals surface area contributed by atoms with Crippen LogP contribution in [0.1, 0.15) is 137 Å². The molecule has 0 spiro atoms. The van der Waals surface area contributed by atoms with Crippen molar-refractivity contribution in [3.8, 4) is 17.2 Å². The predicted molar refractivity (Wildman–Crippen MR) is 303 cm³/mol. The molecule has 0 aromatic carbocycles. The van der Waals surface area contributed by atoms with Crippen LogP contribution in [0.15, 0.2) is 88.9 Å². The molecule has 5 aromatic rings. The first-order chi connectivity index (χ1) is 35.3. The number of amides is 5. The Morgan fingerprint density at radius 2 is 1.16 bits per heavy atom. The molecule has 1 saturated heterocycles. The molecule has 5 aromatic heterocycles. The van der Waals surface area contributed by atoms with E-state index in [2.05, 4.69) is 74.2 Å². The van der Waals surface area contributed by atoms with E-state index in [9.17, 15) is 24.3 Å². The van der Waals surface area contributed by atoms with Crippen LogP contribution < -0.4 is 32.0 Å². The molecule has 3 aliphatic heterocycles. The van der Waals surface area contributed by atoms with Crippen LogP contribution in [-0.4, -0.2) is 85.2 Å². The average Bonchev–Trinajstić information content (AvgIpc) is 3.55. The molecule has 0 saturated carbocycles. The molecule has 0 unspecified atom stereocenters. The predicted octanol–water partition coefficient (Wildman–Crippen LogP) is 9.26. The van der Waals surface area contributed by atoms with E-state index in [0.717, 1.165) is 79.0 Å². The van der Waals surface area contributed by atoms with Gasteiger partial charge in [-0.05, 0) is 172 Å². The lowest BCUT2D eigenvalue weighted by molar-refractivity contribution is -0.120. The molecule has 76 heavy (non-hydrogen) atoms. The number of urea groups is 2. The maximum absolute atomic E-state index is 11.6. The lowest BCUT2D eigenvalue weighted by Gasteiger charge is -2.32. The number of nitrogens with two attached hydrogens (primary N) is 2. The molecule has 0 aliphatic carbocycles. The van der Waals surface area contributed by atoms with Gasteiger partial charge in [-0.15, -0.1) is 0 Å². The Balaban J connectivity index is 0.000000225. The van der Waals surface area contributed by atoms with Gasteiger partial charge in [-0.25, -0.2) is 19.6 Å². The van der Waals surface area contributed by atoms with Gasteiger partial charge in [0.25, 0.3) is 0 Å². The summed E-state index contributed by atoms with van der Waals surface area (Å²) in [5.74, 6) is 1.41. The van der Waals surface area contributed by atoms with Crippen molar-refractivity contribution in [3.05, 3.63) is 117 Å². The third-order valence-corrected chi connectivity index (χ3v) is 13.9. The molecule has 3 aliphatic rings. The fourth-order valence-corrected chi connectivity index (χ4v) is 9.08. The Labute approximate surface area is 464 Å². The number of aromatic nitrogens is 5. The second-order valence-electron chi connectivity index (χ2n) is 21.3. The molecular weight excluding hydrogens is 1100 g/mol. The Morgan fingerprint density at radius 1 is 0.711 bits per heavy atom. The SMILES string of the molecule is CC#N.CC(=O)CC(C)(C)c1cncc(-c2cnc3c(c2)CCCN3C(N)=O)c1.CC(=O)NC(C)(C)c1cncc(Br)c1.CC(C)(O)c1cncc(Br)c1.CC1(C)OB(c2cnc3c(c2)CCCN3C(N)=O)OC1(C)C. The third kappa shape index (κ3) is 17.2.